The molecule has 0 saturated heterocycles. The number of halogens is 1. The van der Waals surface area contributed by atoms with Gasteiger partial charge >= 0.3 is 0 Å². The number of aryl methyl sites for hydroxylation is 1. The second-order valence-electron chi connectivity index (χ2n) is 3.26. The number of carbonyl (C=O) groups is 1. The van der Waals surface area contributed by atoms with Gasteiger partial charge in [-0.15, -0.1) is 5.10 Å². The van der Waals surface area contributed by atoms with Crippen LogP contribution in [-0.2, 0) is 6.54 Å². The van der Waals surface area contributed by atoms with Gasteiger partial charge in [-0.05, 0) is 19.1 Å². The van der Waals surface area contributed by atoms with Crippen molar-refractivity contribution in [2.24, 2.45) is 0 Å². The van der Waals surface area contributed by atoms with E-state index in [1.807, 2.05) is 19.1 Å². The highest BCUT2D eigenvalue weighted by Gasteiger charge is 2.12. The third-order valence-electron chi connectivity index (χ3n) is 2.29. The maximum absolute atomic E-state index is 10.9. The van der Waals surface area contributed by atoms with E-state index in [9.17, 15) is 4.79 Å². The minimum atomic E-state index is 0.351. The zero-order valence-electron chi connectivity index (χ0n) is 8.72. The molecule has 1 heterocycles. The molecule has 0 unspecified atom stereocenters. The van der Waals surface area contributed by atoms with Crippen LogP contribution in [0, 0.1) is 0 Å². The summed E-state index contributed by atoms with van der Waals surface area (Å²) in [6.07, 6.45) is 0.711. The molecule has 0 saturated carbocycles. The Morgan fingerprint density at radius 2 is 2.06 bits per heavy atom. The summed E-state index contributed by atoms with van der Waals surface area (Å²) in [6, 6.07) is 7.25. The van der Waals surface area contributed by atoms with Crippen LogP contribution in [0.3, 0.4) is 0 Å². The molecule has 82 valence electrons. The first-order valence-electron chi connectivity index (χ1n) is 4.91. The molecule has 0 bridgehead atoms. The summed E-state index contributed by atoms with van der Waals surface area (Å²) >= 11 is 5.81. The molecule has 0 aliphatic carbocycles. The minimum Gasteiger partial charge on any atom is -0.296 e. The first-order valence-corrected chi connectivity index (χ1v) is 5.28. The largest absolute Gasteiger partial charge is 0.296 e. The molecule has 2 aromatic rings. The third-order valence-corrected chi connectivity index (χ3v) is 2.54. The second-order valence-corrected chi connectivity index (χ2v) is 3.70. The van der Waals surface area contributed by atoms with Gasteiger partial charge in [0.1, 0.15) is 0 Å². The Morgan fingerprint density at radius 1 is 1.38 bits per heavy atom. The summed E-state index contributed by atoms with van der Waals surface area (Å²) in [7, 11) is 0. The van der Waals surface area contributed by atoms with Gasteiger partial charge in [0.15, 0.2) is 12.0 Å². The second kappa shape index (κ2) is 4.45. The molecule has 1 aromatic heterocycles. The molecular formula is C11H10ClN3O. The molecule has 0 radical (unpaired) electrons. The fraction of sp³-hybridized carbons (Fsp3) is 0.182. The average Bonchev–Trinajstić information content (AvgIpc) is 2.73. The van der Waals surface area contributed by atoms with E-state index in [2.05, 4.69) is 10.3 Å². The van der Waals surface area contributed by atoms with Crippen molar-refractivity contribution in [2.75, 3.05) is 0 Å². The zero-order chi connectivity index (χ0) is 11.5. The summed E-state index contributed by atoms with van der Waals surface area (Å²) in [5.74, 6) is 0. The quantitative estimate of drug-likeness (QED) is 0.768. The van der Waals surface area contributed by atoms with Crippen LogP contribution in [0.5, 0.6) is 0 Å². The Labute approximate surface area is 97.8 Å². The molecule has 0 aliphatic heterocycles. The van der Waals surface area contributed by atoms with E-state index >= 15 is 0 Å². The van der Waals surface area contributed by atoms with Crippen LogP contribution in [0.2, 0.25) is 5.02 Å². The van der Waals surface area contributed by atoms with Crippen molar-refractivity contribution in [2.45, 2.75) is 13.5 Å². The summed E-state index contributed by atoms with van der Waals surface area (Å²) in [6.45, 7) is 2.61. The molecular weight excluding hydrogens is 226 g/mol. The number of carbonyl (C=O) groups excluding carboxylic acids is 1. The lowest BCUT2D eigenvalue weighted by Gasteiger charge is -2.04. The van der Waals surface area contributed by atoms with Crippen LogP contribution >= 0.6 is 11.6 Å². The summed E-state index contributed by atoms with van der Waals surface area (Å²) in [4.78, 5) is 10.9. The van der Waals surface area contributed by atoms with E-state index in [1.165, 1.54) is 0 Å². The Kier molecular flexibility index (Phi) is 3.01. The molecule has 1 aromatic carbocycles. The molecule has 0 amide bonds. The number of aromatic nitrogens is 3. The van der Waals surface area contributed by atoms with Crippen molar-refractivity contribution in [3.63, 3.8) is 0 Å². The topological polar surface area (TPSA) is 47.8 Å². The van der Waals surface area contributed by atoms with Crippen molar-refractivity contribution in [1.29, 1.82) is 0 Å². The standard InChI is InChI=1S/C11H10ClN3O/c1-2-15-11(10(7-16)13-14-15)8-3-5-9(12)6-4-8/h3-7H,2H2,1H3. The summed E-state index contributed by atoms with van der Waals surface area (Å²) in [5.41, 5.74) is 1.97. The van der Waals surface area contributed by atoms with E-state index in [-0.39, 0.29) is 0 Å². The van der Waals surface area contributed by atoms with Crippen LogP contribution in [0.25, 0.3) is 11.3 Å². The van der Waals surface area contributed by atoms with Crippen molar-refractivity contribution in [3.8, 4) is 11.3 Å². The maximum Gasteiger partial charge on any atom is 0.172 e. The predicted octanol–water partition coefficient (Wildman–Crippen LogP) is 2.43. The predicted molar refractivity (Wildman–Crippen MR) is 61.5 cm³/mol. The highest BCUT2D eigenvalue weighted by atomic mass is 35.5. The van der Waals surface area contributed by atoms with Gasteiger partial charge in [0.2, 0.25) is 0 Å². The third kappa shape index (κ3) is 1.84. The van der Waals surface area contributed by atoms with E-state index < -0.39 is 0 Å². The monoisotopic (exact) mass is 235 g/mol. The number of benzene rings is 1. The Hall–Kier alpha value is -1.68. The lowest BCUT2D eigenvalue weighted by Crippen LogP contribution is -1.99. The van der Waals surface area contributed by atoms with E-state index in [0.717, 1.165) is 11.3 Å². The number of rotatable bonds is 3. The Morgan fingerprint density at radius 3 is 2.62 bits per heavy atom. The fourth-order valence-corrected chi connectivity index (χ4v) is 1.66. The molecule has 0 N–H and O–H groups in total. The van der Waals surface area contributed by atoms with E-state index in [1.54, 1.807) is 16.8 Å². The summed E-state index contributed by atoms with van der Waals surface area (Å²) in [5, 5.41) is 8.38. The van der Waals surface area contributed by atoms with Crippen molar-refractivity contribution in [1.82, 2.24) is 15.0 Å². The lowest BCUT2D eigenvalue weighted by atomic mass is 10.1. The average molecular weight is 236 g/mol. The normalized spacial score (nSPS) is 10.4. The first-order chi connectivity index (χ1) is 7.76. The molecule has 0 aliphatic rings. The van der Waals surface area contributed by atoms with Gasteiger partial charge in [0.05, 0.1) is 5.69 Å². The van der Waals surface area contributed by atoms with Crippen LogP contribution in [0.4, 0.5) is 0 Å². The van der Waals surface area contributed by atoms with Gasteiger partial charge in [0, 0.05) is 17.1 Å². The number of nitrogens with zero attached hydrogens (tertiary/aromatic N) is 3. The molecule has 0 atom stereocenters. The summed E-state index contributed by atoms with van der Waals surface area (Å²) < 4.78 is 1.69. The highest BCUT2D eigenvalue weighted by Crippen LogP contribution is 2.23. The zero-order valence-corrected chi connectivity index (χ0v) is 9.48. The molecule has 4 nitrogen and oxygen atoms in total. The molecule has 5 heteroatoms. The van der Waals surface area contributed by atoms with Gasteiger partial charge in [-0.25, -0.2) is 4.68 Å². The van der Waals surface area contributed by atoms with Crippen molar-refractivity contribution in [3.05, 3.63) is 35.0 Å². The molecule has 0 fully saturated rings. The van der Waals surface area contributed by atoms with Crippen LogP contribution in [0.1, 0.15) is 17.4 Å². The van der Waals surface area contributed by atoms with Gasteiger partial charge in [-0.1, -0.05) is 28.9 Å². The Balaban J connectivity index is 2.57. The molecule has 0 spiro atoms. The van der Waals surface area contributed by atoms with Gasteiger partial charge in [-0.2, -0.15) is 0 Å². The van der Waals surface area contributed by atoms with Crippen LogP contribution < -0.4 is 0 Å². The highest BCUT2D eigenvalue weighted by molar-refractivity contribution is 6.30. The van der Waals surface area contributed by atoms with Crippen LogP contribution in [0.15, 0.2) is 24.3 Å². The number of hydrogen-bond donors (Lipinski definition) is 0. The van der Waals surface area contributed by atoms with Crippen molar-refractivity contribution >= 4 is 17.9 Å². The van der Waals surface area contributed by atoms with E-state index in [0.29, 0.717) is 23.5 Å². The van der Waals surface area contributed by atoms with E-state index in [4.69, 9.17) is 11.6 Å². The van der Waals surface area contributed by atoms with Crippen molar-refractivity contribution < 1.29 is 4.79 Å². The smallest absolute Gasteiger partial charge is 0.172 e. The maximum atomic E-state index is 10.9. The molecule has 16 heavy (non-hydrogen) atoms. The first kappa shape index (κ1) is 10.8. The minimum absolute atomic E-state index is 0.351. The molecule has 2 rings (SSSR count). The Bertz CT molecular complexity index is 504. The van der Waals surface area contributed by atoms with Gasteiger partial charge in [-0.3, -0.25) is 4.79 Å². The fourth-order valence-electron chi connectivity index (χ4n) is 1.53. The lowest BCUT2D eigenvalue weighted by molar-refractivity contribution is 0.111. The van der Waals surface area contributed by atoms with Gasteiger partial charge in [0.25, 0.3) is 0 Å². The number of hydrogen-bond acceptors (Lipinski definition) is 3. The van der Waals surface area contributed by atoms with Gasteiger partial charge < -0.3 is 0 Å². The van der Waals surface area contributed by atoms with Crippen LogP contribution in [-0.4, -0.2) is 21.3 Å². The number of aldehydes is 1. The SMILES string of the molecule is CCn1nnc(C=O)c1-c1ccc(Cl)cc1.